The molecule has 1 atom stereocenters. The van der Waals surface area contributed by atoms with E-state index in [0.717, 1.165) is 6.54 Å². The lowest BCUT2D eigenvalue weighted by Crippen LogP contribution is -2.31. The maximum Gasteiger partial charge on any atom is 0.313 e. The van der Waals surface area contributed by atoms with Crippen LogP contribution in [0.15, 0.2) is 18.2 Å². The average Bonchev–Trinajstić information content (AvgIpc) is 2.33. The molecule has 0 fully saturated rings. The number of rotatable bonds is 7. The molecule has 0 bridgehead atoms. The first-order valence-electron chi connectivity index (χ1n) is 5.81. The molecule has 100 valence electrons. The van der Waals surface area contributed by atoms with Crippen molar-refractivity contribution in [2.24, 2.45) is 0 Å². The van der Waals surface area contributed by atoms with Gasteiger partial charge in [0.25, 0.3) is 0 Å². The minimum Gasteiger partial charge on any atom is -0.484 e. The fourth-order valence-electron chi connectivity index (χ4n) is 1.54. The Hall–Kier alpha value is -1.66. The van der Waals surface area contributed by atoms with Crippen LogP contribution in [0.4, 0.5) is 5.69 Å². The molecule has 0 aromatic heterocycles. The zero-order valence-electron chi connectivity index (χ0n) is 10.5. The Balaban J connectivity index is 2.67. The van der Waals surface area contributed by atoms with E-state index in [4.69, 9.17) is 4.74 Å². The first-order chi connectivity index (χ1) is 8.56. The molecular formula is C12H18N2O4. The van der Waals surface area contributed by atoms with Crippen LogP contribution in [0.2, 0.25) is 0 Å². The van der Waals surface area contributed by atoms with Gasteiger partial charge in [-0.1, -0.05) is 19.1 Å². The maximum absolute atomic E-state index is 10.9. The van der Waals surface area contributed by atoms with E-state index in [1.54, 1.807) is 19.1 Å². The van der Waals surface area contributed by atoms with Crippen molar-refractivity contribution >= 4 is 5.69 Å². The van der Waals surface area contributed by atoms with E-state index >= 15 is 0 Å². The van der Waals surface area contributed by atoms with Crippen LogP contribution in [0.3, 0.4) is 0 Å². The zero-order valence-corrected chi connectivity index (χ0v) is 10.5. The second kappa shape index (κ2) is 6.93. The van der Waals surface area contributed by atoms with Crippen LogP contribution >= 0.6 is 0 Å². The second-order valence-corrected chi connectivity index (χ2v) is 3.95. The number of hydrogen-bond donors (Lipinski definition) is 2. The van der Waals surface area contributed by atoms with E-state index in [1.807, 2.05) is 6.92 Å². The molecule has 0 saturated carbocycles. The predicted molar refractivity (Wildman–Crippen MR) is 67.9 cm³/mol. The molecule has 6 nitrogen and oxygen atoms in total. The summed E-state index contributed by atoms with van der Waals surface area (Å²) in [6.45, 7) is 4.76. The molecule has 2 N–H and O–H groups in total. The van der Waals surface area contributed by atoms with Crippen LogP contribution in [-0.4, -0.2) is 35.8 Å². The number of aryl methyl sites for hydroxylation is 1. The van der Waals surface area contributed by atoms with Crippen molar-refractivity contribution in [3.05, 3.63) is 33.9 Å². The third-order valence-corrected chi connectivity index (χ3v) is 2.44. The molecule has 0 radical (unpaired) electrons. The molecule has 18 heavy (non-hydrogen) atoms. The van der Waals surface area contributed by atoms with Crippen molar-refractivity contribution in [1.82, 2.24) is 5.32 Å². The van der Waals surface area contributed by atoms with Crippen molar-refractivity contribution in [2.75, 3.05) is 19.7 Å². The van der Waals surface area contributed by atoms with Crippen molar-refractivity contribution in [3.8, 4) is 5.75 Å². The summed E-state index contributed by atoms with van der Waals surface area (Å²) in [7, 11) is 0. The van der Waals surface area contributed by atoms with Gasteiger partial charge in [0.15, 0.2) is 5.75 Å². The van der Waals surface area contributed by atoms with Crippen molar-refractivity contribution in [2.45, 2.75) is 20.0 Å². The standard InChI is InChI=1S/C12H18N2O4/c1-3-13-7-10(15)8-18-11-6-4-5-9(2)12(11)14(16)17/h4-6,10,13,15H,3,7-8H2,1-2H3. The normalized spacial score (nSPS) is 12.2. The van der Waals surface area contributed by atoms with Gasteiger partial charge >= 0.3 is 5.69 Å². The van der Waals surface area contributed by atoms with Gasteiger partial charge in [0.2, 0.25) is 0 Å². The summed E-state index contributed by atoms with van der Waals surface area (Å²) in [5, 5.41) is 23.5. The van der Waals surface area contributed by atoms with Crippen molar-refractivity contribution in [3.63, 3.8) is 0 Å². The van der Waals surface area contributed by atoms with Gasteiger partial charge in [0.05, 0.1) is 4.92 Å². The number of nitrogens with zero attached hydrogens (tertiary/aromatic N) is 1. The van der Waals surface area contributed by atoms with Gasteiger partial charge < -0.3 is 15.2 Å². The van der Waals surface area contributed by atoms with Crippen LogP contribution < -0.4 is 10.1 Å². The number of nitro groups is 1. The first kappa shape index (κ1) is 14.4. The highest BCUT2D eigenvalue weighted by molar-refractivity contribution is 5.52. The quantitative estimate of drug-likeness (QED) is 0.565. The number of aliphatic hydroxyl groups is 1. The molecule has 0 aliphatic rings. The molecular weight excluding hydrogens is 236 g/mol. The maximum atomic E-state index is 10.9. The number of nitro benzene ring substituents is 1. The van der Waals surface area contributed by atoms with Crippen molar-refractivity contribution in [1.29, 1.82) is 0 Å². The van der Waals surface area contributed by atoms with E-state index in [1.165, 1.54) is 6.07 Å². The topological polar surface area (TPSA) is 84.6 Å². The molecule has 0 heterocycles. The van der Waals surface area contributed by atoms with Crippen molar-refractivity contribution < 1.29 is 14.8 Å². The van der Waals surface area contributed by atoms with Gasteiger partial charge in [0.1, 0.15) is 12.7 Å². The van der Waals surface area contributed by atoms with E-state index in [-0.39, 0.29) is 18.0 Å². The fourth-order valence-corrected chi connectivity index (χ4v) is 1.54. The summed E-state index contributed by atoms with van der Waals surface area (Å²) in [5.74, 6) is 0.190. The van der Waals surface area contributed by atoms with Crippen LogP contribution in [0, 0.1) is 17.0 Å². The van der Waals surface area contributed by atoms with Crippen LogP contribution in [-0.2, 0) is 0 Å². The Labute approximate surface area is 106 Å². The molecule has 0 amide bonds. The van der Waals surface area contributed by atoms with Gasteiger partial charge in [-0.05, 0) is 19.5 Å². The molecule has 6 heteroatoms. The minimum absolute atomic E-state index is 0.0251. The number of para-hydroxylation sites is 1. The smallest absolute Gasteiger partial charge is 0.313 e. The van der Waals surface area contributed by atoms with Gasteiger partial charge in [-0.25, -0.2) is 0 Å². The highest BCUT2D eigenvalue weighted by Crippen LogP contribution is 2.30. The van der Waals surface area contributed by atoms with Crippen LogP contribution in [0.25, 0.3) is 0 Å². The average molecular weight is 254 g/mol. The number of ether oxygens (including phenoxy) is 1. The fraction of sp³-hybridized carbons (Fsp3) is 0.500. The van der Waals surface area contributed by atoms with Gasteiger partial charge in [-0.3, -0.25) is 10.1 Å². The zero-order chi connectivity index (χ0) is 13.5. The number of benzene rings is 1. The SMILES string of the molecule is CCNCC(O)COc1cccc(C)c1[N+](=O)[O-]. The summed E-state index contributed by atoms with van der Waals surface area (Å²) >= 11 is 0. The third-order valence-electron chi connectivity index (χ3n) is 2.44. The molecule has 1 aromatic carbocycles. The van der Waals surface area contributed by atoms with E-state index in [0.29, 0.717) is 12.1 Å². The van der Waals surface area contributed by atoms with E-state index < -0.39 is 11.0 Å². The van der Waals surface area contributed by atoms with Crippen LogP contribution in [0.1, 0.15) is 12.5 Å². The Morgan fingerprint density at radius 1 is 1.56 bits per heavy atom. The number of nitrogens with one attached hydrogen (secondary N) is 1. The summed E-state index contributed by atoms with van der Waals surface area (Å²) in [6, 6.07) is 4.87. The summed E-state index contributed by atoms with van der Waals surface area (Å²) in [5.41, 5.74) is 0.492. The lowest BCUT2D eigenvalue weighted by molar-refractivity contribution is -0.386. The highest BCUT2D eigenvalue weighted by Gasteiger charge is 2.18. The number of hydrogen-bond acceptors (Lipinski definition) is 5. The lowest BCUT2D eigenvalue weighted by atomic mass is 10.2. The van der Waals surface area contributed by atoms with Gasteiger partial charge in [0, 0.05) is 12.1 Å². The summed E-state index contributed by atoms with van der Waals surface area (Å²) < 4.78 is 5.31. The summed E-state index contributed by atoms with van der Waals surface area (Å²) in [6.07, 6.45) is -0.690. The highest BCUT2D eigenvalue weighted by atomic mass is 16.6. The first-order valence-corrected chi connectivity index (χ1v) is 5.81. The lowest BCUT2D eigenvalue weighted by Gasteiger charge is -2.13. The Bertz CT molecular complexity index is 409. The van der Waals surface area contributed by atoms with E-state index in [9.17, 15) is 15.2 Å². The molecule has 0 aliphatic heterocycles. The molecule has 1 aromatic rings. The Kier molecular flexibility index (Phi) is 5.54. The summed E-state index contributed by atoms with van der Waals surface area (Å²) in [4.78, 5) is 10.4. The van der Waals surface area contributed by atoms with Gasteiger partial charge in [-0.15, -0.1) is 0 Å². The van der Waals surface area contributed by atoms with E-state index in [2.05, 4.69) is 5.32 Å². The largest absolute Gasteiger partial charge is 0.484 e. The monoisotopic (exact) mass is 254 g/mol. The molecule has 0 spiro atoms. The predicted octanol–water partition coefficient (Wildman–Crippen LogP) is 1.25. The molecule has 1 rings (SSSR count). The van der Waals surface area contributed by atoms with Gasteiger partial charge in [-0.2, -0.15) is 0 Å². The molecule has 0 aliphatic carbocycles. The number of likely N-dealkylation sites (N-methyl/N-ethyl adjacent to an activating group) is 1. The second-order valence-electron chi connectivity index (χ2n) is 3.95. The van der Waals surface area contributed by atoms with Crippen LogP contribution in [0.5, 0.6) is 5.75 Å². The molecule has 1 unspecified atom stereocenters. The minimum atomic E-state index is -0.690. The Morgan fingerprint density at radius 2 is 2.28 bits per heavy atom. The Morgan fingerprint density at radius 3 is 2.89 bits per heavy atom. The molecule has 0 saturated heterocycles. The number of aliphatic hydroxyl groups excluding tert-OH is 1. The third kappa shape index (κ3) is 3.97.